The Balaban J connectivity index is 0.000000179. The second kappa shape index (κ2) is 25.9. The van der Waals surface area contributed by atoms with Crippen molar-refractivity contribution in [1.29, 1.82) is 0 Å². The Morgan fingerprint density at radius 1 is 0.465 bits per heavy atom. The van der Waals surface area contributed by atoms with E-state index < -0.39 is 116 Å². The zero-order chi connectivity index (χ0) is 60.6. The van der Waals surface area contributed by atoms with Crippen LogP contribution in [0.2, 0.25) is 20.1 Å². The van der Waals surface area contributed by atoms with E-state index in [-0.39, 0.29) is 24.9 Å². The normalized spacial score (nSPS) is 23.2. The largest absolute Gasteiger partial charge is 0.481 e. The maximum Gasteiger partial charge on any atom is 0.306 e. The number of carbonyl (C=O) groups excluding carboxylic acids is 2. The second-order valence-corrected chi connectivity index (χ2v) is 28.9. The van der Waals surface area contributed by atoms with E-state index in [9.17, 15) is 46.2 Å². The lowest BCUT2D eigenvalue weighted by molar-refractivity contribution is -0.183. The van der Waals surface area contributed by atoms with E-state index in [0.717, 1.165) is 36.8 Å². The van der Waals surface area contributed by atoms with Crippen LogP contribution < -0.4 is 8.61 Å². The third kappa shape index (κ3) is 13.9. The van der Waals surface area contributed by atoms with Gasteiger partial charge >= 0.3 is 11.9 Å². The number of rotatable bonds is 22. The molecule has 0 radical (unpaired) electrons. The maximum atomic E-state index is 14.4. The average Bonchev–Trinajstić information content (AvgIpc) is 1.05. The number of carbonyl (C=O) groups is 4. The molecule has 16 nitrogen and oxygen atoms in total. The molecule has 0 aromatic heterocycles. The number of hydrogen-bond acceptors (Lipinski definition) is 10. The van der Waals surface area contributed by atoms with Crippen LogP contribution in [0, 0.1) is 11.8 Å². The van der Waals surface area contributed by atoms with Crippen LogP contribution in [-0.2, 0) is 48.7 Å². The Kier molecular flexibility index (Phi) is 18.5. The summed E-state index contributed by atoms with van der Waals surface area (Å²) in [7, 11) is -7.39. The quantitative estimate of drug-likeness (QED) is 0.0651. The standard InChI is InChI=1S/2C32H32Cl2N2O6S/c2*33-23-13-11-21(12-14-23)30-31(22-5-4-6-24(34)17-22)42-28(18-29(37)38)32(39)36(30)27(20-9-10-20)19-35(25-7-2-1-3-8-25)43(40,41)26-15-16-26/h2*1-8,11-14,17,20,26-28,30-31H,9-10,15-16,18-19H2,(H,37,38)/t27-,28+,30-,31-;27-,28-,30-,31-/m11/s1. The molecule has 12 rings (SSSR count). The molecule has 86 heavy (non-hydrogen) atoms. The number of aliphatic carboxylic acids is 2. The smallest absolute Gasteiger partial charge is 0.306 e. The topological polar surface area (TPSA) is 208 Å². The van der Waals surface area contributed by atoms with Crippen molar-refractivity contribution in [2.45, 2.75) is 123 Å². The Hall–Kier alpha value is -6.22. The van der Waals surface area contributed by atoms with E-state index >= 15 is 0 Å². The van der Waals surface area contributed by atoms with E-state index in [1.54, 1.807) is 119 Å². The molecule has 0 unspecified atom stereocenters. The Morgan fingerprint density at radius 2 is 0.814 bits per heavy atom. The molecular weight excluding hydrogens is 1220 g/mol. The number of hydrogen-bond donors (Lipinski definition) is 2. The number of anilines is 2. The molecule has 8 atom stereocenters. The fourth-order valence-corrected chi connectivity index (χ4v) is 16.3. The van der Waals surface area contributed by atoms with E-state index in [4.69, 9.17) is 55.9 Å². The maximum absolute atomic E-state index is 14.4. The molecular formula is C64H64Cl4N4O12S2. The minimum Gasteiger partial charge on any atom is -0.481 e. The Morgan fingerprint density at radius 3 is 1.12 bits per heavy atom. The molecule has 6 aromatic carbocycles. The molecule has 0 bridgehead atoms. The summed E-state index contributed by atoms with van der Waals surface area (Å²) >= 11 is 25.3. The summed E-state index contributed by atoms with van der Waals surface area (Å²) in [6, 6.07) is 43.9. The summed E-state index contributed by atoms with van der Waals surface area (Å²) in [6.07, 6.45) is 0.542. The lowest BCUT2D eigenvalue weighted by atomic mass is 9.89. The highest BCUT2D eigenvalue weighted by Gasteiger charge is 2.55. The van der Waals surface area contributed by atoms with Crippen molar-refractivity contribution in [2.75, 3.05) is 21.7 Å². The predicted octanol–water partition coefficient (Wildman–Crippen LogP) is 12.5. The summed E-state index contributed by atoms with van der Waals surface area (Å²) in [5, 5.41) is 20.5. The number of ether oxygens (including phenoxy) is 2. The van der Waals surface area contributed by atoms with Gasteiger partial charge in [-0.3, -0.25) is 27.8 Å². The highest BCUT2D eigenvalue weighted by molar-refractivity contribution is 7.94. The van der Waals surface area contributed by atoms with Crippen LogP contribution in [0.25, 0.3) is 0 Å². The second-order valence-electron chi connectivity index (χ2n) is 22.9. The summed E-state index contributed by atoms with van der Waals surface area (Å²) < 4.78 is 71.0. The van der Waals surface area contributed by atoms with Gasteiger partial charge in [0.25, 0.3) is 11.8 Å². The SMILES string of the molecule is O=C(O)C[C@@H]1O[C@H](c2cccc(Cl)c2)[C@@H](c2ccc(Cl)cc2)N([C@H](CN(c2ccccc2)S(=O)(=O)C2CC2)C2CC2)C1=O.O=C(O)C[C@H]1O[C@H](c2cccc(Cl)c2)[C@@H](c2ccc(Cl)cc2)N([C@H](CN(c2ccccc2)S(=O)(=O)C2CC2)C2CC2)C1=O. The molecule has 452 valence electrons. The number of carboxylic acids is 2. The van der Waals surface area contributed by atoms with E-state index in [0.29, 0.717) is 68.3 Å². The molecule has 0 spiro atoms. The van der Waals surface area contributed by atoms with Gasteiger partial charge in [0, 0.05) is 20.1 Å². The van der Waals surface area contributed by atoms with Gasteiger partial charge in [0.05, 0.1) is 72.0 Å². The van der Waals surface area contributed by atoms with Crippen LogP contribution in [0.4, 0.5) is 11.4 Å². The van der Waals surface area contributed by atoms with Crippen LogP contribution >= 0.6 is 46.4 Å². The Bertz CT molecular complexity index is 3430. The molecule has 2 aliphatic heterocycles. The first kappa shape index (κ1) is 61.4. The molecule has 6 aliphatic rings. The van der Waals surface area contributed by atoms with Crippen molar-refractivity contribution in [2.24, 2.45) is 11.8 Å². The number of halogens is 4. The summed E-state index contributed by atoms with van der Waals surface area (Å²) in [5.74, 6) is -3.23. The van der Waals surface area contributed by atoms with Gasteiger partial charge in [-0.2, -0.15) is 0 Å². The lowest BCUT2D eigenvalue weighted by Gasteiger charge is -2.49. The van der Waals surface area contributed by atoms with Gasteiger partial charge < -0.3 is 29.5 Å². The van der Waals surface area contributed by atoms with Crippen molar-refractivity contribution >= 4 is 102 Å². The molecule has 6 fully saturated rings. The third-order valence-electron chi connectivity index (χ3n) is 16.7. The fraction of sp³-hybridized carbons (Fsp3) is 0.375. The first-order valence-electron chi connectivity index (χ1n) is 28.8. The van der Waals surface area contributed by atoms with Gasteiger partial charge in [-0.05, 0) is 158 Å². The van der Waals surface area contributed by atoms with Crippen molar-refractivity contribution in [1.82, 2.24) is 9.80 Å². The van der Waals surface area contributed by atoms with Gasteiger partial charge in [-0.1, -0.05) is 131 Å². The summed E-state index contributed by atoms with van der Waals surface area (Å²) in [5.41, 5.74) is 3.91. The van der Waals surface area contributed by atoms with E-state index in [1.807, 2.05) is 48.5 Å². The Labute approximate surface area is 520 Å². The highest BCUT2D eigenvalue weighted by Crippen LogP contribution is 2.51. The van der Waals surface area contributed by atoms with Crippen LogP contribution in [0.3, 0.4) is 0 Å². The number of para-hydroxylation sites is 2. The van der Waals surface area contributed by atoms with E-state index in [1.165, 1.54) is 8.61 Å². The fourth-order valence-electron chi connectivity index (χ4n) is 11.9. The van der Waals surface area contributed by atoms with Crippen LogP contribution in [0.1, 0.15) is 111 Å². The molecule has 4 aliphatic carbocycles. The number of nitrogens with zero attached hydrogens (tertiary/aromatic N) is 4. The summed E-state index contributed by atoms with van der Waals surface area (Å²) in [4.78, 5) is 56.0. The van der Waals surface area contributed by atoms with Gasteiger partial charge in [0.15, 0.2) is 0 Å². The van der Waals surface area contributed by atoms with Gasteiger partial charge in [0.2, 0.25) is 20.0 Å². The lowest BCUT2D eigenvalue weighted by Crippen LogP contribution is -2.59. The molecule has 22 heteroatoms. The number of amides is 2. The minimum atomic E-state index is -3.69. The first-order valence-corrected chi connectivity index (χ1v) is 33.3. The van der Waals surface area contributed by atoms with E-state index in [2.05, 4.69) is 0 Å². The molecule has 2 N–H and O–H groups in total. The zero-order valence-electron chi connectivity index (χ0n) is 46.5. The number of morpholine rings is 2. The molecule has 2 saturated heterocycles. The van der Waals surface area contributed by atoms with Crippen LogP contribution in [0.5, 0.6) is 0 Å². The minimum absolute atomic E-state index is 0.0305. The third-order valence-corrected chi connectivity index (χ3v) is 22.2. The van der Waals surface area contributed by atoms with Gasteiger partial charge in [0.1, 0.15) is 24.4 Å². The predicted molar refractivity (Wildman–Crippen MR) is 329 cm³/mol. The monoisotopic (exact) mass is 1280 g/mol. The molecule has 6 aromatic rings. The summed E-state index contributed by atoms with van der Waals surface area (Å²) in [6.45, 7) is 0.0940. The van der Waals surface area contributed by atoms with Crippen molar-refractivity contribution in [3.05, 3.63) is 200 Å². The highest BCUT2D eigenvalue weighted by atomic mass is 35.5. The van der Waals surface area contributed by atoms with Crippen LogP contribution in [-0.4, -0.2) is 108 Å². The van der Waals surface area contributed by atoms with Gasteiger partial charge in [-0.25, -0.2) is 16.8 Å². The number of carboxylic acid groups (broad SMARTS) is 2. The molecule has 2 heterocycles. The van der Waals surface area contributed by atoms with Crippen molar-refractivity contribution in [3.8, 4) is 0 Å². The first-order chi connectivity index (χ1) is 41.3. The van der Waals surface area contributed by atoms with Crippen LogP contribution in [0.15, 0.2) is 158 Å². The number of benzene rings is 6. The van der Waals surface area contributed by atoms with Crippen molar-refractivity contribution < 1.29 is 55.7 Å². The number of sulfonamides is 2. The zero-order valence-corrected chi connectivity index (χ0v) is 51.2. The van der Waals surface area contributed by atoms with Gasteiger partial charge in [-0.15, -0.1) is 0 Å². The average molecular weight is 1290 g/mol. The molecule has 4 saturated carbocycles. The molecule has 2 amide bonds. The van der Waals surface area contributed by atoms with Crippen molar-refractivity contribution in [3.63, 3.8) is 0 Å².